The first kappa shape index (κ1) is 12.9. The van der Waals surface area contributed by atoms with E-state index < -0.39 is 10.0 Å². The number of nitrogens with one attached hydrogen (secondary N) is 1. The lowest BCUT2D eigenvalue weighted by molar-refractivity contribution is 0.331. The summed E-state index contributed by atoms with van der Waals surface area (Å²) in [4.78, 5) is 0. The van der Waals surface area contributed by atoms with Gasteiger partial charge in [-0.3, -0.25) is 0 Å². The molecular weight excluding hydrogens is 248 g/mol. The molecule has 2 heterocycles. The van der Waals surface area contributed by atoms with Crippen molar-refractivity contribution in [2.75, 3.05) is 18.8 Å². The van der Waals surface area contributed by atoms with E-state index >= 15 is 0 Å². The van der Waals surface area contributed by atoms with Gasteiger partial charge in [0.05, 0.1) is 5.75 Å². The summed E-state index contributed by atoms with van der Waals surface area (Å²) < 4.78 is 27.2. The van der Waals surface area contributed by atoms with Crippen molar-refractivity contribution in [3.8, 4) is 0 Å². The van der Waals surface area contributed by atoms with Gasteiger partial charge in [-0.2, -0.15) is 4.31 Å². The Bertz CT molecular complexity index is 376. The van der Waals surface area contributed by atoms with E-state index in [0.717, 1.165) is 45.2 Å². The average molecular weight is 272 g/mol. The molecule has 2 bridgehead atoms. The summed E-state index contributed by atoms with van der Waals surface area (Å²) in [5.74, 6) is 0.825. The predicted octanol–water partition coefficient (Wildman–Crippen LogP) is 1.33. The Balaban J connectivity index is 1.75. The highest BCUT2D eigenvalue weighted by atomic mass is 32.2. The second kappa shape index (κ2) is 5.10. The highest BCUT2D eigenvalue weighted by molar-refractivity contribution is 7.89. The van der Waals surface area contributed by atoms with Crippen LogP contribution in [-0.2, 0) is 10.0 Å². The van der Waals surface area contributed by atoms with Gasteiger partial charge >= 0.3 is 0 Å². The minimum absolute atomic E-state index is 0.226. The van der Waals surface area contributed by atoms with Crippen LogP contribution in [0.4, 0.5) is 0 Å². The fraction of sp³-hybridized carbons (Fsp3) is 1.00. The first-order chi connectivity index (χ1) is 8.67. The van der Waals surface area contributed by atoms with Gasteiger partial charge in [-0.05, 0) is 44.6 Å². The van der Waals surface area contributed by atoms with E-state index in [-0.39, 0.29) is 12.1 Å². The summed E-state index contributed by atoms with van der Waals surface area (Å²) in [6, 6.07) is 0.500. The molecule has 0 aromatic rings. The first-order valence-corrected chi connectivity index (χ1v) is 8.99. The standard InChI is InChI=1S/C13H24N2O2S/c16-18(17,10-11-3-1-2-4-11)15-12-5-6-13(15)9-14-8-7-12/h11-14H,1-10H2. The molecule has 4 nitrogen and oxygen atoms in total. The molecule has 2 saturated heterocycles. The maximum absolute atomic E-state index is 12.7. The molecular formula is C13H24N2O2S. The van der Waals surface area contributed by atoms with Crippen molar-refractivity contribution < 1.29 is 8.42 Å². The van der Waals surface area contributed by atoms with Crippen LogP contribution >= 0.6 is 0 Å². The molecule has 0 radical (unpaired) electrons. The molecule has 0 aromatic heterocycles. The summed E-state index contributed by atoms with van der Waals surface area (Å²) in [7, 11) is -3.03. The van der Waals surface area contributed by atoms with Crippen molar-refractivity contribution in [1.29, 1.82) is 0 Å². The number of rotatable bonds is 3. The smallest absolute Gasteiger partial charge is 0.214 e. The predicted molar refractivity (Wildman–Crippen MR) is 71.9 cm³/mol. The van der Waals surface area contributed by atoms with Crippen molar-refractivity contribution in [1.82, 2.24) is 9.62 Å². The second-order valence-corrected chi connectivity index (χ2v) is 8.06. The molecule has 5 heteroatoms. The van der Waals surface area contributed by atoms with Gasteiger partial charge in [0.1, 0.15) is 0 Å². The molecule has 18 heavy (non-hydrogen) atoms. The highest BCUT2D eigenvalue weighted by Gasteiger charge is 2.42. The molecule has 0 aromatic carbocycles. The first-order valence-electron chi connectivity index (χ1n) is 7.39. The van der Waals surface area contributed by atoms with Crippen molar-refractivity contribution >= 4 is 10.0 Å². The minimum atomic E-state index is -3.03. The van der Waals surface area contributed by atoms with E-state index in [1.54, 1.807) is 0 Å². The summed E-state index contributed by atoms with van der Waals surface area (Å²) in [6.07, 6.45) is 7.75. The summed E-state index contributed by atoms with van der Waals surface area (Å²) in [5, 5.41) is 3.37. The summed E-state index contributed by atoms with van der Waals surface area (Å²) in [6.45, 7) is 1.82. The van der Waals surface area contributed by atoms with E-state index in [2.05, 4.69) is 5.32 Å². The average Bonchev–Trinajstić information content (AvgIpc) is 2.85. The van der Waals surface area contributed by atoms with Crippen molar-refractivity contribution in [3.63, 3.8) is 0 Å². The highest BCUT2D eigenvalue weighted by Crippen LogP contribution is 2.34. The maximum Gasteiger partial charge on any atom is 0.214 e. The van der Waals surface area contributed by atoms with Crippen LogP contribution in [0, 0.1) is 5.92 Å². The Morgan fingerprint density at radius 2 is 1.72 bits per heavy atom. The van der Waals surface area contributed by atoms with Gasteiger partial charge in [-0.1, -0.05) is 12.8 Å². The Labute approximate surface area is 110 Å². The normalized spacial score (nSPS) is 34.9. The number of hydrogen-bond acceptors (Lipinski definition) is 3. The zero-order valence-electron chi connectivity index (χ0n) is 11.0. The van der Waals surface area contributed by atoms with Gasteiger partial charge in [-0.15, -0.1) is 0 Å². The number of nitrogens with zero attached hydrogens (tertiary/aromatic N) is 1. The monoisotopic (exact) mass is 272 g/mol. The second-order valence-electron chi connectivity index (χ2n) is 6.14. The fourth-order valence-electron chi connectivity index (χ4n) is 3.95. The third-order valence-corrected chi connectivity index (χ3v) is 6.96. The lowest BCUT2D eigenvalue weighted by atomic mass is 10.1. The molecule has 2 unspecified atom stereocenters. The fourth-order valence-corrected chi connectivity index (χ4v) is 6.35. The van der Waals surface area contributed by atoms with Gasteiger partial charge in [0.15, 0.2) is 0 Å². The van der Waals surface area contributed by atoms with Gasteiger partial charge in [0, 0.05) is 18.6 Å². The maximum atomic E-state index is 12.7. The molecule has 104 valence electrons. The molecule has 3 rings (SSSR count). The molecule has 0 spiro atoms. The van der Waals surface area contributed by atoms with Crippen LogP contribution in [0.2, 0.25) is 0 Å². The number of hydrogen-bond donors (Lipinski definition) is 1. The molecule has 3 fully saturated rings. The topological polar surface area (TPSA) is 49.4 Å². The number of fused-ring (bicyclic) bond motifs is 2. The van der Waals surface area contributed by atoms with Crippen LogP contribution in [0.15, 0.2) is 0 Å². The molecule has 2 atom stereocenters. The summed E-state index contributed by atoms with van der Waals surface area (Å²) >= 11 is 0. The van der Waals surface area contributed by atoms with Crippen LogP contribution in [0.3, 0.4) is 0 Å². The lowest BCUT2D eigenvalue weighted by Gasteiger charge is -2.28. The molecule has 1 saturated carbocycles. The van der Waals surface area contributed by atoms with E-state index in [1.165, 1.54) is 12.8 Å². The molecule has 1 aliphatic carbocycles. The van der Waals surface area contributed by atoms with Crippen LogP contribution in [0.1, 0.15) is 44.9 Å². The van der Waals surface area contributed by atoms with Crippen LogP contribution in [-0.4, -0.2) is 43.6 Å². The van der Waals surface area contributed by atoms with Crippen molar-refractivity contribution in [2.45, 2.75) is 57.0 Å². The molecule has 2 aliphatic heterocycles. The Morgan fingerprint density at radius 1 is 1.00 bits per heavy atom. The van der Waals surface area contributed by atoms with E-state index in [1.807, 2.05) is 4.31 Å². The van der Waals surface area contributed by atoms with Crippen LogP contribution in [0.25, 0.3) is 0 Å². The quantitative estimate of drug-likeness (QED) is 0.843. The Kier molecular flexibility index (Phi) is 3.65. The van der Waals surface area contributed by atoms with Crippen molar-refractivity contribution in [3.05, 3.63) is 0 Å². The van der Waals surface area contributed by atoms with Crippen molar-refractivity contribution in [2.24, 2.45) is 5.92 Å². The Hall–Kier alpha value is -0.130. The SMILES string of the molecule is O=S(=O)(CC1CCCC1)N1C2CCNCC1CC2. The largest absolute Gasteiger partial charge is 0.315 e. The van der Waals surface area contributed by atoms with Gasteiger partial charge in [0.2, 0.25) is 10.0 Å². The van der Waals surface area contributed by atoms with Gasteiger partial charge in [0.25, 0.3) is 0 Å². The van der Waals surface area contributed by atoms with Crippen LogP contribution in [0.5, 0.6) is 0 Å². The minimum Gasteiger partial charge on any atom is -0.315 e. The van der Waals surface area contributed by atoms with Gasteiger partial charge < -0.3 is 5.32 Å². The third kappa shape index (κ3) is 2.45. The molecule has 1 N–H and O–H groups in total. The van der Waals surface area contributed by atoms with Crippen LogP contribution < -0.4 is 5.32 Å². The van der Waals surface area contributed by atoms with Gasteiger partial charge in [-0.25, -0.2) is 8.42 Å². The Morgan fingerprint density at radius 3 is 2.50 bits per heavy atom. The summed E-state index contributed by atoms with van der Waals surface area (Å²) in [5.41, 5.74) is 0. The lowest BCUT2D eigenvalue weighted by Crippen LogP contribution is -2.44. The van der Waals surface area contributed by atoms with E-state index in [0.29, 0.717) is 11.7 Å². The molecule has 0 amide bonds. The van der Waals surface area contributed by atoms with E-state index in [9.17, 15) is 8.42 Å². The third-order valence-electron chi connectivity index (χ3n) is 4.83. The van der Waals surface area contributed by atoms with E-state index in [4.69, 9.17) is 0 Å². The number of sulfonamides is 1. The zero-order chi connectivity index (χ0) is 12.6. The molecule has 3 aliphatic rings. The zero-order valence-corrected chi connectivity index (χ0v) is 11.8.